The highest BCUT2D eigenvalue weighted by Gasteiger charge is 2.43. The van der Waals surface area contributed by atoms with Crippen molar-refractivity contribution in [3.8, 4) is 0 Å². The van der Waals surface area contributed by atoms with Gasteiger partial charge in [-0.1, -0.05) is 12.1 Å². The van der Waals surface area contributed by atoms with Crippen LogP contribution in [0.5, 0.6) is 0 Å². The minimum Gasteiger partial charge on any atom is -0.349 e. The van der Waals surface area contributed by atoms with Crippen LogP contribution in [0.15, 0.2) is 24.3 Å². The Morgan fingerprint density at radius 2 is 1.73 bits per heavy atom. The highest BCUT2D eigenvalue weighted by Crippen LogP contribution is 2.33. The van der Waals surface area contributed by atoms with Crippen LogP contribution in [0.4, 0.5) is 13.2 Å². The molecule has 0 aromatic heterocycles. The molecule has 0 bridgehead atoms. The van der Waals surface area contributed by atoms with E-state index in [0.29, 0.717) is 25.1 Å². The third kappa shape index (κ3) is 7.56. The Balaban J connectivity index is 1.38. The largest absolute Gasteiger partial charge is 0.416 e. The van der Waals surface area contributed by atoms with E-state index in [2.05, 4.69) is 15.5 Å². The zero-order valence-electron chi connectivity index (χ0n) is 23.7. The molecule has 1 aromatic carbocycles. The summed E-state index contributed by atoms with van der Waals surface area (Å²) in [6.07, 6.45) is -2.18. The number of carbonyl (C=O) groups excluding carboxylic acids is 4. The van der Waals surface area contributed by atoms with Gasteiger partial charge in [0.05, 0.1) is 30.6 Å². The van der Waals surface area contributed by atoms with Gasteiger partial charge in [0, 0.05) is 59.3 Å². The molecule has 4 rings (SSSR count). The maximum atomic E-state index is 13.5. The Morgan fingerprint density at radius 3 is 2.32 bits per heavy atom. The number of alkyl halides is 3. The maximum Gasteiger partial charge on any atom is 0.416 e. The number of carbonyl (C=O) groups is 4. The molecule has 10 nitrogen and oxygen atoms in total. The number of amides is 4. The second kappa shape index (κ2) is 12.8. The Labute approximate surface area is 238 Å². The van der Waals surface area contributed by atoms with E-state index in [0.717, 1.165) is 38.1 Å². The molecule has 3 fully saturated rings. The molecule has 1 saturated carbocycles. The average Bonchev–Trinajstić information content (AvgIpc) is 2.93. The molecule has 2 N–H and O–H groups in total. The molecular weight excluding hydrogens is 541 g/mol. The van der Waals surface area contributed by atoms with Gasteiger partial charge in [-0.2, -0.15) is 13.2 Å². The average molecular weight is 581 g/mol. The van der Waals surface area contributed by atoms with Crippen molar-refractivity contribution in [3.63, 3.8) is 0 Å². The summed E-state index contributed by atoms with van der Waals surface area (Å²) in [7, 11) is 3.12. The normalized spacial score (nSPS) is 24.4. The quantitative estimate of drug-likeness (QED) is 0.506. The second-order valence-corrected chi connectivity index (χ2v) is 11.4. The Morgan fingerprint density at radius 1 is 1.07 bits per heavy atom. The Kier molecular flexibility index (Phi) is 9.58. The van der Waals surface area contributed by atoms with Gasteiger partial charge in [-0.3, -0.25) is 29.4 Å². The van der Waals surface area contributed by atoms with Gasteiger partial charge in [0.15, 0.2) is 0 Å². The van der Waals surface area contributed by atoms with E-state index in [1.807, 2.05) is 4.90 Å². The summed E-state index contributed by atoms with van der Waals surface area (Å²) in [5.41, 5.74) is -0.457. The lowest BCUT2D eigenvalue weighted by atomic mass is 9.79. The summed E-state index contributed by atoms with van der Waals surface area (Å²) in [5, 5.41) is 6.15. The van der Waals surface area contributed by atoms with Crippen molar-refractivity contribution < 1.29 is 32.3 Å². The smallest absolute Gasteiger partial charge is 0.349 e. The van der Waals surface area contributed by atoms with Gasteiger partial charge >= 0.3 is 6.18 Å². The molecule has 4 atom stereocenters. The lowest BCUT2D eigenvalue weighted by Gasteiger charge is -2.47. The van der Waals surface area contributed by atoms with E-state index in [4.69, 9.17) is 0 Å². The molecule has 1 aliphatic carbocycles. The predicted octanol–water partition coefficient (Wildman–Crippen LogP) is 1.43. The fourth-order valence-electron chi connectivity index (χ4n) is 6.00. The molecule has 4 unspecified atom stereocenters. The van der Waals surface area contributed by atoms with E-state index in [-0.39, 0.29) is 55.4 Å². The topological polar surface area (TPSA) is 105 Å². The van der Waals surface area contributed by atoms with E-state index >= 15 is 0 Å². The van der Waals surface area contributed by atoms with Gasteiger partial charge in [0.1, 0.15) is 6.54 Å². The zero-order chi connectivity index (χ0) is 29.9. The number of halogens is 3. The second-order valence-electron chi connectivity index (χ2n) is 11.4. The molecule has 2 aliphatic heterocycles. The summed E-state index contributed by atoms with van der Waals surface area (Å²) < 4.78 is 39.1. The number of benzene rings is 1. The number of nitrogens with one attached hydrogen (secondary N) is 2. The third-order valence-corrected chi connectivity index (χ3v) is 8.46. The molecule has 0 radical (unpaired) electrons. The van der Waals surface area contributed by atoms with E-state index in [1.165, 1.54) is 21.9 Å². The van der Waals surface area contributed by atoms with Crippen molar-refractivity contribution in [2.75, 3.05) is 53.5 Å². The summed E-state index contributed by atoms with van der Waals surface area (Å²) in [4.78, 5) is 57.7. The monoisotopic (exact) mass is 580 g/mol. The van der Waals surface area contributed by atoms with Crippen molar-refractivity contribution in [1.82, 2.24) is 30.2 Å². The SMILES string of the molecule is CC(=O)N1CCN(C2CCC3NCN(CC(=O)NC(CC(=O)N(C)C)c4ccc(C(F)(F)F)cc4)C(=O)C3C2)CC1. The lowest BCUT2D eigenvalue weighted by Crippen LogP contribution is -2.62. The van der Waals surface area contributed by atoms with Crippen LogP contribution in [-0.4, -0.2) is 109 Å². The molecule has 4 amide bonds. The van der Waals surface area contributed by atoms with Gasteiger partial charge in [0.2, 0.25) is 23.6 Å². The van der Waals surface area contributed by atoms with Crippen molar-refractivity contribution >= 4 is 23.6 Å². The molecule has 3 aliphatic rings. The lowest BCUT2D eigenvalue weighted by molar-refractivity contribution is -0.146. The molecule has 13 heteroatoms. The van der Waals surface area contributed by atoms with Crippen LogP contribution < -0.4 is 10.6 Å². The molecule has 2 saturated heterocycles. The molecular formula is C28H39F3N6O4. The van der Waals surface area contributed by atoms with Crippen LogP contribution in [0.2, 0.25) is 0 Å². The number of nitrogens with zero attached hydrogens (tertiary/aromatic N) is 4. The summed E-state index contributed by atoms with van der Waals surface area (Å²) in [6, 6.07) is 3.77. The molecule has 1 aromatic rings. The molecule has 2 heterocycles. The first-order valence-corrected chi connectivity index (χ1v) is 14.0. The summed E-state index contributed by atoms with van der Waals surface area (Å²) in [6.45, 7) is 4.45. The van der Waals surface area contributed by atoms with E-state index in [1.54, 1.807) is 21.0 Å². The van der Waals surface area contributed by atoms with Gasteiger partial charge < -0.3 is 20.0 Å². The van der Waals surface area contributed by atoms with Gasteiger partial charge in [-0.25, -0.2) is 0 Å². The number of fused-ring (bicyclic) bond motifs is 1. The minimum atomic E-state index is -4.50. The highest BCUT2D eigenvalue weighted by atomic mass is 19.4. The van der Waals surface area contributed by atoms with Crippen LogP contribution in [0.3, 0.4) is 0 Å². The Hall–Kier alpha value is -3.19. The number of hydrogen-bond donors (Lipinski definition) is 2. The molecule has 0 spiro atoms. The minimum absolute atomic E-state index is 0.0363. The third-order valence-electron chi connectivity index (χ3n) is 8.46. The fraction of sp³-hybridized carbons (Fsp3) is 0.643. The van der Waals surface area contributed by atoms with Crippen LogP contribution in [0.1, 0.15) is 49.8 Å². The fourth-order valence-corrected chi connectivity index (χ4v) is 6.00. The standard InChI is InChI=1S/C28H39F3N6O4/c1-18(38)35-10-12-36(13-11-35)21-8-9-23-22(14-21)27(41)37(17-32-23)16-25(39)33-24(15-26(40)34(2)3)19-4-6-20(7-5-19)28(29,30)31/h4-7,21-24,32H,8-17H2,1-3H3,(H,33,39). The first-order chi connectivity index (χ1) is 19.3. The van der Waals surface area contributed by atoms with Crippen molar-refractivity contribution in [2.45, 2.75) is 56.9 Å². The van der Waals surface area contributed by atoms with Crippen LogP contribution in [0, 0.1) is 5.92 Å². The van der Waals surface area contributed by atoms with Crippen molar-refractivity contribution in [2.24, 2.45) is 5.92 Å². The molecule has 41 heavy (non-hydrogen) atoms. The number of hydrogen-bond acceptors (Lipinski definition) is 6. The van der Waals surface area contributed by atoms with Crippen LogP contribution >= 0.6 is 0 Å². The summed E-state index contributed by atoms with van der Waals surface area (Å²) >= 11 is 0. The van der Waals surface area contributed by atoms with E-state index in [9.17, 15) is 32.3 Å². The van der Waals surface area contributed by atoms with Crippen molar-refractivity contribution in [1.29, 1.82) is 0 Å². The van der Waals surface area contributed by atoms with Gasteiger partial charge in [-0.15, -0.1) is 0 Å². The summed E-state index contributed by atoms with van der Waals surface area (Å²) in [5.74, 6) is -1.11. The van der Waals surface area contributed by atoms with Crippen LogP contribution in [-0.2, 0) is 25.4 Å². The maximum absolute atomic E-state index is 13.5. The van der Waals surface area contributed by atoms with Gasteiger partial charge in [0.25, 0.3) is 0 Å². The van der Waals surface area contributed by atoms with E-state index < -0.39 is 23.7 Å². The number of rotatable bonds is 7. The van der Waals surface area contributed by atoms with Gasteiger partial charge in [-0.05, 0) is 37.0 Å². The highest BCUT2D eigenvalue weighted by molar-refractivity contribution is 5.87. The molecule has 226 valence electrons. The Bertz CT molecular complexity index is 1120. The number of piperazine rings is 1. The van der Waals surface area contributed by atoms with Crippen molar-refractivity contribution in [3.05, 3.63) is 35.4 Å². The van der Waals surface area contributed by atoms with Crippen LogP contribution in [0.25, 0.3) is 0 Å². The first-order valence-electron chi connectivity index (χ1n) is 14.0. The first kappa shape index (κ1) is 30.8. The predicted molar refractivity (Wildman–Crippen MR) is 144 cm³/mol. The zero-order valence-corrected chi connectivity index (χ0v) is 23.7.